The number of nitrogens with zero attached hydrogens (tertiary/aromatic N) is 3. The summed E-state index contributed by atoms with van der Waals surface area (Å²) in [5.41, 5.74) is 0.222. The van der Waals surface area contributed by atoms with E-state index in [1.165, 1.54) is 30.7 Å². The van der Waals surface area contributed by atoms with E-state index in [1.807, 2.05) is 0 Å². The molecule has 0 unspecified atom stereocenters. The monoisotopic (exact) mass is 250 g/mol. The summed E-state index contributed by atoms with van der Waals surface area (Å²) in [6, 6.07) is 2.80. The Hall–Kier alpha value is -2.21. The molecule has 1 amide bonds. The first kappa shape index (κ1) is 11.3. The average Bonchev–Trinajstić information content (AvgIpc) is 2.29. The van der Waals surface area contributed by atoms with E-state index in [2.05, 4.69) is 20.3 Å². The molecule has 0 aliphatic rings. The number of rotatable bonds is 2. The molecule has 0 spiro atoms. The Morgan fingerprint density at radius 1 is 1.41 bits per heavy atom. The zero-order valence-electron chi connectivity index (χ0n) is 8.46. The Bertz CT molecular complexity index is 562. The number of carbonyl (C=O) groups excluding carboxylic acids is 1. The third kappa shape index (κ3) is 2.88. The van der Waals surface area contributed by atoms with E-state index in [9.17, 15) is 9.90 Å². The zero-order valence-corrected chi connectivity index (χ0v) is 9.22. The molecular weight excluding hydrogens is 244 g/mol. The van der Waals surface area contributed by atoms with Crippen molar-refractivity contribution in [3.63, 3.8) is 0 Å². The van der Waals surface area contributed by atoms with Crippen LogP contribution in [0.4, 0.5) is 5.82 Å². The van der Waals surface area contributed by atoms with Crippen LogP contribution in [0.3, 0.4) is 0 Å². The first-order valence-electron chi connectivity index (χ1n) is 4.59. The van der Waals surface area contributed by atoms with Crippen LogP contribution in [-0.2, 0) is 0 Å². The highest BCUT2D eigenvalue weighted by molar-refractivity contribution is 6.28. The molecule has 2 aromatic heterocycles. The molecule has 0 aromatic carbocycles. The topological polar surface area (TPSA) is 88.0 Å². The molecule has 0 fully saturated rings. The van der Waals surface area contributed by atoms with Crippen molar-refractivity contribution in [1.82, 2.24) is 15.0 Å². The lowest BCUT2D eigenvalue weighted by molar-refractivity contribution is 0.102. The van der Waals surface area contributed by atoms with E-state index >= 15 is 0 Å². The van der Waals surface area contributed by atoms with E-state index in [0.29, 0.717) is 0 Å². The summed E-state index contributed by atoms with van der Waals surface area (Å²) in [6.45, 7) is 0. The van der Waals surface area contributed by atoms with Crippen LogP contribution < -0.4 is 5.32 Å². The fourth-order valence-corrected chi connectivity index (χ4v) is 1.29. The Morgan fingerprint density at radius 3 is 2.94 bits per heavy atom. The van der Waals surface area contributed by atoms with Crippen molar-refractivity contribution in [3.8, 4) is 5.75 Å². The van der Waals surface area contributed by atoms with Gasteiger partial charge in [-0.05, 0) is 23.7 Å². The van der Waals surface area contributed by atoms with Gasteiger partial charge in [0.05, 0.1) is 11.8 Å². The lowest BCUT2D eigenvalue weighted by Gasteiger charge is -2.03. The van der Waals surface area contributed by atoms with E-state index in [1.54, 1.807) is 0 Å². The number of amides is 1. The number of aromatic nitrogens is 3. The molecule has 86 valence electrons. The van der Waals surface area contributed by atoms with Gasteiger partial charge in [-0.25, -0.2) is 9.97 Å². The van der Waals surface area contributed by atoms with Gasteiger partial charge in [-0.2, -0.15) is 0 Å². The summed E-state index contributed by atoms with van der Waals surface area (Å²) >= 11 is 5.57. The summed E-state index contributed by atoms with van der Waals surface area (Å²) in [6.07, 6.45) is 3.99. The highest BCUT2D eigenvalue weighted by Crippen LogP contribution is 2.11. The van der Waals surface area contributed by atoms with E-state index in [-0.39, 0.29) is 22.4 Å². The Balaban J connectivity index is 2.17. The minimum absolute atomic E-state index is 0.0387. The van der Waals surface area contributed by atoms with Crippen LogP contribution in [0.15, 0.2) is 30.7 Å². The second-order valence-corrected chi connectivity index (χ2v) is 3.43. The lowest BCUT2D eigenvalue weighted by atomic mass is 10.2. The molecule has 0 radical (unpaired) electrons. The fourth-order valence-electron chi connectivity index (χ4n) is 1.14. The SMILES string of the molecule is O=C(Nc1ccnc(Cl)n1)c1cncc(O)c1. The van der Waals surface area contributed by atoms with Gasteiger partial charge in [-0.1, -0.05) is 0 Å². The fraction of sp³-hybridized carbons (Fsp3) is 0. The summed E-state index contributed by atoms with van der Waals surface area (Å²) in [5.74, 6) is -0.250. The first-order valence-corrected chi connectivity index (χ1v) is 4.97. The summed E-state index contributed by atoms with van der Waals surface area (Å²) in [7, 11) is 0. The zero-order chi connectivity index (χ0) is 12.3. The normalized spacial score (nSPS) is 9.94. The van der Waals surface area contributed by atoms with Gasteiger partial charge in [0.25, 0.3) is 5.91 Å². The number of halogens is 1. The van der Waals surface area contributed by atoms with Crippen molar-refractivity contribution in [2.45, 2.75) is 0 Å². The number of hydrogen-bond donors (Lipinski definition) is 2. The molecule has 0 bridgehead atoms. The maximum absolute atomic E-state index is 11.7. The number of hydrogen-bond acceptors (Lipinski definition) is 5. The smallest absolute Gasteiger partial charge is 0.258 e. The number of nitrogens with one attached hydrogen (secondary N) is 1. The van der Waals surface area contributed by atoms with Gasteiger partial charge in [-0.3, -0.25) is 9.78 Å². The van der Waals surface area contributed by atoms with Crippen molar-refractivity contribution in [1.29, 1.82) is 0 Å². The lowest BCUT2D eigenvalue weighted by Crippen LogP contribution is -2.13. The number of anilines is 1. The van der Waals surface area contributed by atoms with E-state index in [0.717, 1.165) is 0 Å². The van der Waals surface area contributed by atoms with Gasteiger partial charge in [0.15, 0.2) is 0 Å². The van der Waals surface area contributed by atoms with Gasteiger partial charge < -0.3 is 10.4 Å². The van der Waals surface area contributed by atoms with Crippen LogP contribution in [-0.4, -0.2) is 26.0 Å². The van der Waals surface area contributed by atoms with Crippen molar-refractivity contribution in [3.05, 3.63) is 41.6 Å². The third-order valence-corrected chi connectivity index (χ3v) is 2.04. The largest absolute Gasteiger partial charge is 0.506 e. The minimum atomic E-state index is -0.442. The maximum Gasteiger partial charge on any atom is 0.258 e. The molecule has 2 aromatic rings. The highest BCUT2D eigenvalue weighted by atomic mass is 35.5. The Kier molecular flexibility index (Phi) is 3.15. The van der Waals surface area contributed by atoms with Crippen LogP contribution in [0, 0.1) is 0 Å². The Labute approximate surface area is 101 Å². The second-order valence-electron chi connectivity index (χ2n) is 3.10. The molecule has 0 saturated carbocycles. The molecule has 17 heavy (non-hydrogen) atoms. The van der Waals surface area contributed by atoms with Crippen molar-refractivity contribution >= 4 is 23.3 Å². The molecular formula is C10H7ClN4O2. The van der Waals surface area contributed by atoms with E-state index < -0.39 is 5.91 Å². The predicted molar refractivity (Wildman–Crippen MR) is 60.9 cm³/mol. The highest BCUT2D eigenvalue weighted by Gasteiger charge is 2.08. The maximum atomic E-state index is 11.7. The number of aromatic hydroxyl groups is 1. The van der Waals surface area contributed by atoms with Crippen LogP contribution in [0.1, 0.15) is 10.4 Å². The predicted octanol–water partition coefficient (Wildman–Crippen LogP) is 1.48. The van der Waals surface area contributed by atoms with E-state index in [4.69, 9.17) is 11.6 Å². The van der Waals surface area contributed by atoms with Gasteiger partial charge in [0.2, 0.25) is 5.28 Å². The second kappa shape index (κ2) is 4.75. The summed E-state index contributed by atoms with van der Waals surface area (Å²) < 4.78 is 0. The molecule has 0 aliphatic carbocycles. The molecule has 6 nitrogen and oxygen atoms in total. The molecule has 0 saturated heterocycles. The summed E-state index contributed by atoms with van der Waals surface area (Å²) in [5, 5.41) is 11.7. The van der Waals surface area contributed by atoms with Gasteiger partial charge in [0, 0.05) is 12.4 Å². The standard InChI is InChI=1S/C10H7ClN4O2/c11-10-13-2-1-8(15-10)14-9(17)6-3-7(16)5-12-4-6/h1-5,16H,(H,13,14,15,17). The van der Waals surface area contributed by atoms with Crippen molar-refractivity contribution in [2.75, 3.05) is 5.32 Å². The summed E-state index contributed by atoms with van der Waals surface area (Å²) in [4.78, 5) is 22.9. The van der Waals surface area contributed by atoms with Crippen LogP contribution in [0.25, 0.3) is 0 Å². The van der Waals surface area contributed by atoms with Crippen LogP contribution in [0.2, 0.25) is 5.28 Å². The third-order valence-electron chi connectivity index (χ3n) is 1.85. The van der Waals surface area contributed by atoms with Gasteiger partial charge in [-0.15, -0.1) is 0 Å². The molecule has 2 rings (SSSR count). The van der Waals surface area contributed by atoms with Crippen LogP contribution >= 0.6 is 11.6 Å². The van der Waals surface area contributed by atoms with Gasteiger partial charge in [0.1, 0.15) is 11.6 Å². The number of pyridine rings is 1. The van der Waals surface area contributed by atoms with Gasteiger partial charge >= 0.3 is 0 Å². The average molecular weight is 251 g/mol. The van der Waals surface area contributed by atoms with Crippen molar-refractivity contribution in [2.24, 2.45) is 0 Å². The Morgan fingerprint density at radius 2 is 2.24 bits per heavy atom. The van der Waals surface area contributed by atoms with Crippen molar-refractivity contribution < 1.29 is 9.90 Å². The first-order chi connectivity index (χ1) is 8.15. The molecule has 2 N–H and O–H groups in total. The molecule has 7 heteroatoms. The van der Waals surface area contributed by atoms with Crippen LogP contribution in [0.5, 0.6) is 5.75 Å². The molecule has 0 atom stereocenters. The quantitative estimate of drug-likeness (QED) is 0.789. The minimum Gasteiger partial charge on any atom is -0.506 e. The molecule has 2 heterocycles. The number of carbonyl (C=O) groups is 1. The molecule has 0 aliphatic heterocycles.